The van der Waals surface area contributed by atoms with Gasteiger partial charge in [0.05, 0.1) is 6.04 Å². The molecular weight excluding hydrogens is 411 g/mol. The molecule has 3 rings (SSSR count). The van der Waals surface area contributed by atoms with Crippen molar-refractivity contribution < 1.29 is 32.2 Å². The summed E-state index contributed by atoms with van der Waals surface area (Å²) in [6.07, 6.45) is -3.24. The van der Waals surface area contributed by atoms with Gasteiger partial charge in [0, 0.05) is 12.1 Å². The molecule has 0 radical (unpaired) electrons. The highest BCUT2D eigenvalue weighted by Crippen LogP contribution is 2.27. The Hall–Kier alpha value is -2.90. The Labute approximate surface area is 179 Å². The summed E-state index contributed by atoms with van der Waals surface area (Å²) >= 11 is 0. The fourth-order valence-corrected chi connectivity index (χ4v) is 3.42. The largest absolute Gasteiger partial charge is 0.573 e. The molecule has 0 N–H and O–H groups in total. The summed E-state index contributed by atoms with van der Waals surface area (Å²) < 4.78 is 53.0. The topological polar surface area (TPSA) is 48.0 Å². The van der Waals surface area contributed by atoms with Crippen LogP contribution in [0, 0.1) is 0 Å². The van der Waals surface area contributed by atoms with Gasteiger partial charge in [-0.05, 0) is 76.1 Å². The van der Waals surface area contributed by atoms with E-state index in [2.05, 4.69) is 4.74 Å². The van der Waals surface area contributed by atoms with E-state index in [1.165, 1.54) is 18.2 Å². The van der Waals surface area contributed by atoms with Crippen molar-refractivity contribution in [1.82, 2.24) is 4.90 Å². The van der Waals surface area contributed by atoms with Crippen molar-refractivity contribution in [3.63, 3.8) is 0 Å². The Bertz CT molecular complexity index is 891. The molecule has 1 aliphatic heterocycles. The molecule has 1 amide bonds. The van der Waals surface area contributed by atoms with Crippen LogP contribution in [0.5, 0.6) is 17.2 Å². The van der Waals surface area contributed by atoms with Crippen LogP contribution in [0.15, 0.2) is 48.5 Å². The number of hydrogen-bond acceptors (Lipinski definition) is 4. The van der Waals surface area contributed by atoms with Gasteiger partial charge in [-0.1, -0.05) is 6.07 Å². The minimum absolute atomic E-state index is 0.150. The Morgan fingerprint density at radius 3 is 2.32 bits per heavy atom. The molecule has 0 aromatic heterocycles. The molecule has 1 fully saturated rings. The molecule has 2 aromatic rings. The lowest BCUT2D eigenvalue weighted by Gasteiger charge is -2.25. The van der Waals surface area contributed by atoms with Gasteiger partial charge in [-0.25, -0.2) is 0 Å². The molecule has 1 heterocycles. The van der Waals surface area contributed by atoms with Gasteiger partial charge in [0.15, 0.2) is 0 Å². The van der Waals surface area contributed by atoms with Crippen LogP contribution >= 0.6 is 0 Å². The summed E-state index contributed by atoms with van der Waals surface area (Å²) in [6, 6.07) is 12.2. The van der Waals surface area contributed by atoms with Crippen molar-refractivity contribution >= 4 is 5.91 Å². The number of carbonyl (C=O) groups is 1. The molecule has 2 aromatic carbocycles. The van der Waals surface area contributed by atoms with Crippen LogP contribution in [-0.4, -0.2) is 42.0 Å². The number of alkyl halides is 3. The van der Waals surface area contributed by atoms with Crippen LogP contribution in [0.25, 0.3) is 0 Å². The Morgan fingerprint density at radius 1 is 1.00 bits per heavy atom. The van der Waals surface area contributed by atoms with Crippen LogP contribution in [0.3, 0.4) is 0 Å². The molecule has 8 heteroatoms. The zero-order valence-electron chi connectivity index (χ0n) is 17.7. The van der Waals surface area contributed by atoms with Crippen molar-refractivity contribution in [2.24, 2.45) is 0 Å². The SMILES string of the molecule is CC(C)(C)Oc1ccc(OC[C@@H]2CCCN2C(=O)c2cccc(OC(F)(F)F)c2)cc1. The van der Waals surface area contributed by atoms with E-state index in [9.17, 15) is 18.0 Å². The van der Waals surface area contributed by atoms with E-state index in [1.807, 2.05) is 32.9 Å². The van der Waals surface area contributed by atoms with Crippen LogP contribution in [-0.2, 0) is 0 Å². The molecule has 1 atom stereocenters. The van der Waals surface area contributed by atoms with Crippen molar-refractivity contribution in [2.45, 2.75) is 51.6 Å². The summed E-state index contributed by atoms with van der Waals surface area (Å²) in [5.41, 5.74) is -0.146. The second kappa shape index (κ2) is 9.08. The molecule has 0 saturated carbocycles. The van der Waals surface area contributed by atoms with Gasteiger partial charge in [-0.15, -0.1) is 13.2 Å². The van der Waals surface area contributed by atoms with Gasteiger partial charge in [0.2, 0.25) is 0 Å². The average Bonchev–Trinajstić information content (AvgIpc) is 3.13. The second-order valence-corrected chi connectivity index (χ2v) is 8.37. The van der Waals surface area contributed by atoms with Crippen LogP contribution in [0.2, 0.25) is 0 Å². The maximum absolute atomic E-state index is 12.9. The molecule has 1 aliphatic rings. The molecule has 0 spiro atoms. The van der Waals surface area contributed by atoms with E-state index in [-0.39, 0.29) is 23.1 Å². The monoisotopic (exact) mass is 437 g/mol. The third-order valence-corrected chi connectivity index (χ3v) is 4.64. The maximum Gasteiger partial charge on any atom is 0.573 e. The summed E-state index contributed by atoms with van der Waals surface area (Å²) in [5.74, 6) is 0.634. The first kappa shape index (κ1) is 22.8. The minimum atomic E-state index is -4.81. The van der Waals surface area contributed by atoms with E-state index in [1.54, 1.807) is 17.0 Å². The molecule has 0 bridgehead atoms. The van der Waals surface area contributed by atoms with Crippen molar-refractivity contribution in [1.29, 1.82) is 0 Å². The zero-order valence-corrected chi connectivity index (χ0v) is 17.7. The lowest BCUT2D eigenvalue weighted by Crippen LogP contribution is -2.39. The highest BCUT2D eigenvalue weighted by Gasteiger charge is 2.33. The molecule has 31 heavy (non-hydrogen) atoms. The highest BCUT2D eigenvalue weighted by atomic mass is 19.4. The lowest BCUT2D eigenvalue weighted by molar-refractivity contribution is -0.274. The number of hydrogen-bond donors (Lipinski definition) is 0. The first-order chi connectivity index (χ1) is 14.5. The number of likely N-dealkylation sites (tertiary alicyclic amines) is 1. The van der Waals surface area contributed by atoms with Gasteiger partial charge >= 0.3 is 6.36 Å². The van der Waals surface area contributed by atoms with Crippen LogP contribution in [0.1, 0.15) is 44.0 Å². The fraction of sp³-hybridized carbons (Fsp3) is 0.435. The summed E-state index contributed by atoms with van der Waals surface area (Å²) in [5, 5.41) is 0. The van der Waals surface area contributed by atoms with Crippen molar-refractivity contribution in [3.8, 4) is 17.2 Å². The number of amides is 1. The zero-order chi connectivity index (χ0) is 22.6. The normalized spacial score (nSPS) is 16.8. The maximum atomic E-state index is 12.9. The lowest BCUT2D eigenvalue weighted by atomic mass is 10.1. The smallest absolute Gasteiger partial charge is 0.491 e. The van der Waals surface area contributed by atoms with E-state index in [0.29, 0.717) is 18.9 Å². The molecule has 5 nitrogen and oxygen atoms in total. The van der Waals surface area contributed by atoms with Crippen molar-refractivity contribution in [3.05, 3.63) is 54.1 Å². The number of rotatable bonds is 6. The molecular formula is C23H26F3NO4. The average molecular weight is 437 g/mol. The van der Waals surface area contributed by atoms with Gasteiger partial charge < -0.3 is 19.1 Å². The summed E-state index contributed by atoms with van der Waals surface area (Å²) in [6.45, 7) is 6.72. The van der Waals surface area contributed by atoms with Gasteiger partial charge in [0.1, 0.15) is 29.5 Å². The van der Waals surface area contributed by atoms with Crippen molar-refractivity contribution in [2.75, 3.05) is 13.2 Å². The van der Waals surface area contributed by atoms with Crippen LogP contribution < -0.4 is 14.2 Å². The fourth-order valence-electron chi connectivity index (χ4n) is 3.42. The van der Waals surface area contributed by atoms with Crippen LogP contribution in [0.4, 0.5) is 13.2 Å². The van der Waals surface area contributed by atoms with E-state index in [4.69, 9.17) is 9.47 Å². The predicted octanol–water partition coefficient (Wildman–Crippen LogP) is 5.45. The first-order valence-corrected chi connectivity index (χ1v) is 10.1. The second-order valence-electron chi connectivity index (χ2n) is 8.37. The van der Waals surface area contributed by atoms with Gasteiger partial charge in [-0.3, -0.25) is 4.79 Å². The molecule has 0 aliphatic carbocycles. The van der Waals surface area contributed by atoms with E-state index < -0.39 is 12.1 Å². The predicted molar refractivity (Wildman–Crippen MR) is 110 cm³/mol. The standard InChI is InChI=1S/C23H26F3NO4/c1-22(2,3)30-19-11-9-18(10-12-19)29-15-17-7-5-13-27(17)21(28)16-6-4-8-20(14-16)31-23(24,25)26/h4,6,8-12,14,17H,5,7,13,15H2,1-3H3/t17-/m0/s1. The Kier molecular flexibility index (Phi) is 6.67. The third kappa shape index (κ3) is 6.80. The number of nitrogens with zero attached hydrogens (tertiary/aromatic N) is 1. The summed E-state index contributed by atoms with van der Waals surface area (Å²) in [7, 11) is 0. The quantitative estimate of drug-likeness (QED) is 0.603. The Balaban J connectivity index is 1.61. The number of carbonyl (C=O) groups excluding carboxylic acids is 1. The summed E-state index contributed by atoms with van der Waals surface area (Å²) in [4.78, 5) is 14.5. The molecule has 1 saturated heterocycles. The Morgan fingerprint density at radius 2 is 1.68 bits per heavy atom. The third-order valence-electron chi connectivity index (χ3n) is 4.64. The van der Waals surface area contributed by atoms with Gasteiger partial charge in [0.25, 0.3) is 5.91 Å². The van der Waals surface area contributed by atoms with Gasteiger partial charge in [-0.2, -0.15) is 0 Å². The van der Waals surface area contributed by atoms with E-state index in [0.717, 1.165) is 24.7 Å². The molecule has 0 unspecified atom stereocenters. The number of halogens is 3. The number of ether oxygens (including phenoxy) is 3. The van der Waals surface area contributed by atoms with E-state index >= 15 is 0 Å². The first-order valence-electron chi connectivity index (χ1n) is 10.1. The highest BCUT2D eigenvalue weighted by molar-refractivity contribution is 5.95. The molecule has 168 valence electrons. The number of benzene rings is 2. The minimum Gasteiger partial charge on any atom is -0.491 e.